The highest BCUT2D eigenvalue weighted by Crippen LogP contribution is 2.32. The Balaban J connectivity index is 1.68. The van der Waals surface area contributed by atoms with E-state index in [9.17, 15) is 4.79 Å². The number of aryl methyl sites for hydroxylation is 1. The maximum atomic E-state index is 12.7. The summed E-state index contributed by atoms with van der Waals surface area (Å²) in [4.78, 5) is 17.2. The molecule has 7 heteroatoms. The number of fused-ring (bicyclic) bond motifs is 1. The van der Waals surface area contributed by atoms with Gasteiger partial charge < -0.3 is 9.73 Å². The first-order chi connectivity index (χ1) is 13.4. The Morgan fingerprint density at radius 3 is 2.71 bits per heavy atom. The van der Waals surface area contributed by atoms with Crippen molar-refractivity contribution in [1.82, 2.24) is 4.98 Å². The smallest absolute Gasteiger partial charge is 0.257 e. The van der Waals surface area contributed by atoms with Gasteiger partial charge in [-0.25, -0.2) is 4.98 Å². The number of rotatable bonds is 3. The Hall–Kier alpha value is -2.34. The lowest BCUT2D eigenvalue weighted by Crippen LogP contribution is -2.13. The van der Waals surface area contributed by atoms with Gasteiger partial charge in [-0.05, 0) is 76.9 Å². The van der Waals surface area contributed by atoms with E-state index < -0.39 is 0 Å². The fraction of sp³-hybridized carbons (Fsp3) is 0.0476. The number of hydrogen-bond donors (Lipinski definition) is 1. The third kappa shape index (κ3) is 3.78. The Morgan fingerprint density at radius 2 is 1.89 bits per heavy atom. The van der Waals surface area contributed by atoms with Crippen LogP contribution in [-0.4, -0.2) is 10.9 Å². The fourth-order valence-electron chi connectivity index (χ4n) is 2.78. The van der Waals surface area contributed by atoms with Crippen LogP contribution < -0.4 is 5.32 Å². The van der Waals surface area contributed by atoms with E-state index in [2.05, 4.69) is 26.2 Å². The molecule has 0 bridgehead atoms. The quantitative estimate of drug-likeness (QED) is 0.343. The summed E-state index contributed by atoms with van der Waals surface area (Å²) in [6.07, 6.45) is 0. The van der Waals surface area contributed by atoms with Gasteiger partial charge in [-0.15, -0.1) is 0 Å². The maximum Gasteiger partial charge on any atom is 0.257 e. The zero-order valence-electron chi connectivity index (χ0n) is 14.6. The summed E-state index contributed by atoms with van der Waals surface area (Å²) in [5.74, 6) is 0.114. The number of benzene rings is 3. The topological polar surface area (TPSA) is 55.1 Å². The van der Waals surface area contributed by atoms with Gasteiger partial charge in [-0.3, -0.25) is 4.79 Å². The van der Waals surface area contributed by atoms with Crippen LogP contribution in [0.15, 0.2) is 63.5 Å². The molecule has 0 fully saturated rings. The van der Waals surface area contributed by atoms with Crippen LogP contribution in [-0.2, 0) is 0 Å². The Kier molecular flexibility index (Phi) is 5.15. The molecule has 0 atom stereocenters. The van der Waals surface area contributed by atoms with Gasteiger partial charge in [0.25, 0.3) is 5.91 Å². The molecule has 4 aromatic rings. The molecular formula is C21H13BrCl2N2O2. The lowest BCUT2D eigenvalue weighted by molar-refractivity contribution is 0.102. The van der Waals surface area contributed by atoms with Crippen molar-refractivity contribution in [1.29, 1.82) is 0 Å². The first kappa shape index (κ1) is 19.0. The molecule has 28 heavy (non-hydrogen) atoms. The average molecular weight is 476 g/mol. The van der Waals surface area contributed by atoms with E-state index in [1.54, 1.807) is 18.2 Å². The van der Waals surface area contributed by atoms with Crippen molar-refractivity contribution in [3.05, 3.63) is 80.2 Å². The predicted octanol–water partition coefficient (Wildman–Crippen LogP) is 7.12. The molecule has 0 radical (unpaired) electrons. The molecule has 3 aromatic carbocycles. The number of hydrogen-bond acceptors (Lipinski definition) is 3. The molecule has 1 N–H and O–H groups in total. The van der Waals surface area contributed by atoms with Crippen molar-refractivity contribution in [3.8, 4) is 11.5 Å². The molecule has 4 rings (SSSR count). The largest absolute Gasteiger partial charge is 0.436 e. The van der Waals surface area contributed by atoms with Gasteiger partial charge in [0.15, 0.2) is 5.58 Å². The summed E-state index contributed by atoms with van der Waals surface area (Å²) in [5.41, 5.74) is 4.20. The highest BCUT2D eigenvalue weighted by Gasteiger charge is 2.15. The molecule has 0 saturated carbocycles. The second-order valence-corrected chi connectivity index (χ2v) is 7.96. The molecule has 4 nitrogen and oxygen atoms in total. The summed E-state index contributed by atoms with van der Waals surface area (Å²) < 4.78 is 6.57. The van der Waals surface area contributed by atoms with E-state index in [4.69, 9.17) is 27.6 Å². The van der Waals surface area contributed by atoms with Gasteiger partial charge >= 0.3 is 0 Å². The van der Waals surface area contributed by atoms with Crippen molar-refractivity contribution in [2.75, 3.05) is 5.32 Å². The number of oxazole rings is 1. The van der Waals surface area contributed by atoms with Crippen LogP contribution in [0.1, 0.15) is 15.9 Å². The van der Waals surface area contributed by atoms with E-state index >= 15 is 0 Å². The van der Waals surface area contributed by atoms with Crippen molar-refractivity contribution in [2.24, 2.45) is 0 Å². The Labute approximate surface area is 179 Å². The summed E-state index contributed by atoms with van der Waals surface area (Å²) >= 11 is 15.6. The zero-order valence-corrected chi connectivity index (χ0v) is 17.7. The van der Waals surface area contributed by atoms with Gasteiger partial charge in [-0.1, -0.05) is 29.3 Å². The minimum absolute atomic E-state index is 0.295. The molecule has 1 aromatic heterocycles. The first-order valence-corrected chi connectivity index (χ1v) is 9.89. The Morgan fingerprint density at radius 1 is 1.07 bits per heavy atom. The normalized spacial score (nSPS) is 11.0. The van der Waals surface area contributed by atoms with E-state index in [0.29, 0.717) is 32.8 Å². The standard InChI is InChI=1S/C21H13BrCl2N2O2/c1-11-2-7-19-18(8-11)26-21(28-19)12-3-5-15(22)17(9-12)25-20(27)14-10-13(23)4-6-16(14)24/h2-10H,1H3,(H,25,27). The highest BCUT2D eigenvalue weighted by atomic mass is 79.9. The molecule has 0 spiro atoms. The molecule has 0 aliphatic carbocycles. The lowest BCUT2D eigenvalue weighted by Gasteiger charge is -2.10. The van der Waals surface area contributed by atoms with Crippen LogP contribution in [0.4, 0.5) is 5.69 Å². The summed E-state index contributed by atoms with van der Waals surface area (Å²) in [6, 6.07) is 16.1. The predicted molar refractivity (Wildman–Crippen MR) is 116 cm³/mol. The number of nitrogens with one attached hydrogen (secondary N) is 1. The molecule has 140 valence electrons. The molecule has 0 unspecified atom stereocenters. The SMILES string of the molecule is Cc1ccc2oc(-c3ccc(Br)c(NC(=O)c4cc(Cl)ccc4Cl)c3)nc2c1. The van der Waals surface area contributed by atoms with Crippen LogP contribution in [0.5, 0.6) is 0 Å². The van der Waals surface area contributed by atoms with Gasteiger partial charge in [0.05, 0.1) is 16.3 Å². The number of aromatic nitrogens is 1. The van der Waals surface area contributed by atoms with E-state index in [1.807, 2.05) is 37.3 Å². The number of amides is 1. The second-order valence-electron chi connectivity index (χ2n) is 6.26. The molecule has 0 aliphatic rings. The molecule has 0 aliphatic heterocycles. The van der Waals surface area contributed by atoms with Crippen molar-refractivity contribution in [3.63, 3.8) is 0 Å². The van der Waals surface area contributed by atoms with Crippen LogP contribution >= 0.6 is 39.1 Å². The van der Waals surface area contributed by atoms with Crippen molar-refractivity contribution >= 4 is 61.8 Å². The highest BCUT2D eigenvalue weighted by molar-refractivity contribution is 9.10. The van der Waals surface area contributed by atoms with Crippen LogP contribution in [0.2, 0.25) is 10.0 Å². The van der Waals surface area contributed by atoms with E-state index in [0.717, 1.165) is 21.1 Å². The van der Waals surface area contributed by atoms with Gasteiger partial charge in [-0.2, -0.15) is 0 Å². The summed E-state index contributed by atoms with van der Waals surface area (Å²) in [6.45, 7) is 2.00. The van der Waals surface area contributed by atoms with Crippen molar-refractivity contribution in [2.45, 2.75) is 6.92 Å². The minimum Gasteiger partial charge on any atom is -0.436 e. The third-order valence-corrected chi connectivity index (χ3v) is 5.43. The monoisotopic (exact) mass is 474 g/mol. The van der Waals surface area contributed by atoms with E-state index in [1.165, 1.54) is 6.07 Å². The first-order valence-electron chi connectivity index (χ1n) is 8.34. The second kappa shape index (κ2) is 7.59. The molecular weight excluding hydrogens is 463 g/mol. The molecule has 1 heterocycles. The maximum absolute atomic E-state index is 12.7. The molecule has 0 saturated heterocycles. The summed E-state index contributed by atoms with van der Waals surface area (Å²) in [7, 11) is 0. The van der Waals surface area contributed by atoms with E-state index in [-0.39, 0.29) is 5.91 Å². The van der Waals surface area contributed by atoms with Gasteiger partial charge in [0, 0.05) is 15.1 Å². The zero-order chi connectivity index (χ0) is 19.8. The van der Waals surface area contributed by atoms with Crippen LogP contribution in [0, 0.1) is 6.92 Å². The lowest BCUT2D eigenvalue weighted by atomic mass is 10.1. The summed E-state index contributed by atoms with van der Waals surface area (Å²) in [5, 5.41) is 3.61. The Bertz CT molecular complexity index is 1220. The fourth-order valence-corrected chi connectivity index (χ4v) is 3.50. The van der Waals surface area contributed by atoms with Gasteiger partial charge in [0.2, 0.25) is 5.89 Å². The number of carbonyl (C=O) groups excluding carboxylic acids is 1. The minimum atomic E-state index is -0.362. The van der Waals surface area contributed by atoms with Crippen molar-refractivity contribution < 1.29 is 9.21 Å². The van der Waals surface area contributed by atoms with Crippen LogP contribution in [0.3, 0.4) is 0 Å². The van der Waals surface area contributed by atoms with Crippen LogP contribution in [0.25, 0.3) is 22.6 Å². The number of anilines is 1. The average Bonchev–Trinajstić information content (AvgIpc) is 3.08. The number of halogens is 3. The molecule has 1 amide bonds. The number of nitrogens with zero attached hydrogens (tertiary/aromatic N) is 1. The number of carbonyl (C=O) groups is 1. The third-order valence-electron chi connectivity index (χ3n) is 4.18. The van der Waals surface area contributed by atoms with Gasteiger partial charge in [0.1, 0.15) is 5.52 Å².